The lowest BCUT2D eigenvalue weighted by Gasteiger charge is -1.92. The topological polar surface area (TPSA) is 41.6 Å². The molecule has 3 nitrogen and oxygen atoms in total. The summed E-state index contributed by atoms with van der Waals surface area (Å²) in [7, 11) is 0. The third-order valence-corrected chi connectivity index (χ3v) is 2.60. The number of H-pyrrole nitrogens is 1. The maximum absolute atomic E-state index is 5.87. The maximum atomic E-state index is 5.87. The Labute approximate surface area is 80.1 Å². The molecule has 1 aliphatic rings. The van der Waals surface area contributed by atoms with Crippen LogP contribution in [0.2, 0.25) is 5.02 Å². The first kappa shape index (κ1) is 7.33. The van der Waals surface area contributed by atoms with Gasteiger partial charge in [-0.25, -0.2) is 4.98 Å². The first-order chi connectivity index (χ1) is 6.34. The van der Waals surface area contributed by atoms with E-state index in [0.29, 0.717) is 10.9 Å². The summed E-state index contributed by atoms with van der Waals surface area (Å²) in [4.78, 5) is 4.14. The number of halogens is 1. The molecule has 1 saturated carbocycles. The van der Waals surface area contributed by atoms with E-state index >= 15 is 0 Å². The van der Waals surface area contributed by atoms with Crippen LogP contribution >= 0.6 is 11.6 Å². The van der Waals surface area contributed by atoms with Gasteiger partial charge in [0, 0.05) is 23.2 Å². The van der Waals surface area contributed by atoms with Crippen molar-refractivity contribution in [1.29, 1.82) is 0 Å². The lowest BCUT2D eigenvalue weighted by atomic mass is 10.2. The summed E-state index contributed by atoms with van der Waals surface area (Å²) in [6, 6.07) is 1.93. The fourth-order valence-corrected chi connectivity index (χ4v) is 1.73. The highest BCUT2D eigenvalue weighted by Crippen LogP contribution is 2.41. The van der Waals surface area contributed by atoms with E-state index in [-0.39, 0.29) is 0 Å². The van der Waals surface area contributed by atoms with E-state index in [0.717, 1.165) is 11.0 Å². The highest BCUT2D eigenvalue weighted by molar-refractivity contribution is 6.31. The third-order valence-electron chi connectivity index (χ3n) is 2.39. The molecule has 13 heavy (non-hydrogen) atoms. The highest BCUT2D eigenvalue weighted by atomic mass is 35.5. The molecular formula is C9H8ClN3. The Morgan fingerprint density at radius 3 is 3.08 bits per heavy atom. The van der Waals surface area contributed by atoms with Crippen LogP contribution in [0.3, 0.4) is 0 Å². The van der Waals surface area contributed by atoms with Crippen LogP contribution in [0.5, 0.6) is 0 Å². The average molecular weight is 194 g/mol. The second kappa shape index (κ2) is 2.45. The predicted octanol–water partition coefficient (Wildman–Crippen LogP) is 2.49. The van der Waals surface area contributed by atoms with Gasteiger partial charge in [0.2, 0.25) is 0 Å². The molecule has 1 fully saturated rings. The van der Waals surface area contributed by atoms with Gasteiger partial charge in [0.05, 0.1) is 5.02 Å². The lowest BCUT2D eigenvalue weighted by Crippen LogP contribution is -1.79. The molecule has 0 amide bonds. The SMILES string of the molecule is Clc1cnc2n[nH]c(C3CC3)c2c1. The minimum absolute atomic E-state index is 0.658. The minimum atomic E-state index is 0.658. The number of fused-ring (bicyclic) bond motifs is 1. The largest absolute Gasteiger partial charge is 0.279 e. The molecule has 1 aliphatic carbocycles. The summed E-state index contributed by atoms with van der Waals surface area (Å²) < 4.78 is 0. The van der Waals surface area contributed by atoms with Crippen LogP contribution in [0.1, 0.15) is 24.5 Å². The van der Waals surface area contributed by atoms with Crippen LogP contribution in [0.15, 0.2) is 12.3 Å². The molecule has 0 saturated heterocycles. The van der Waals surface area contributed by atoms with Crippen molar-refractivity contribution in [2.24, 2.45) is 0 Å². The molecule has 0 spiro atoms. The smallest absolute Gasteiger partial charge is 0.181 e. The zero-order chi connectivity index (χ0) is 8.84. The standard InChI is InChI=1S/C9H8ClN3/c10-6-3-7-8(5-1-2-5)12-13-9(7)11-4-6/h3-5H,1-2H2,(H,11,12,13). The predicted molar refractivity (Wildman–Crippen MR) is 50.9 cm³/mol. The van der Waals surface area contributed by atoms with E-state index < -0.39 is 0 Å². The number of pyridine rings is 1. The van der Waals surface area contributed by atoms with Gasteiger partial charge < -0.3 is 0 Å². The number of hydrogen-bond acceptors (Lipinski definition) is 2. The Balaban J connectivity index is 2.29. The zero-order valence-electron chi connectivity index (χ0n) is 6.92. The molecule has 3 rings (SSSR count). The first-order valence-electron chi connectivity index (χ1n) is 4.34. The molecule has 2 heterocycles. The highest BCUT2D eigenvalue weighted by Gasteiger charge is 2.27. The molecule has 1 N–H and O–H groups in total. The Hall–Kier alpha value is -1.09. The maximum Gasteiger partial charge on any atom is 0.181 e. The van der Waals surface area contributed by atoms with E-state index in [1.807, 2.05) is 6.07 Å². The van der Waals surface area contributed by atoms with Gasteiger partial charge in [-0.3, -0.25) is 5.10 Å². The fraction of sp³-hybridized carbons (Fsp3) is 0.333. The van der Waals surface area contributed by atoms with E-state index in [1.165, 1.54) is 18.5 Å². The number of nitrogens with zero attached hydrogens (tertiary/aromatic N) is 2. The molecule has 66 valence electrons. The molecular weight excluding hydrogens is 186 g/mol. The van der Waals surface area contributed by atoms with E-state index in [9.17, 15) is 0 Å². The molecule has 0 radical (unpaired) electrons. The van der Waals surface area contributed by atoms with Gasteiger partial charge in [-0.15, -0.1) is 0 Å². The monoisotopic (exact) mass is 193 g/mol. The van der Waals surface area contributed by atoms with E-state index in [4.69, 9.17) is 11.6 Å². The normalized spacial score (nSPS) is 16.7. The Morgan fingerprint density at radius 2 is 2.31 bits per heavy atom. The molecule has 0 atom stereocenters. The van der Waals surface area contributed by atoms with Crippen molar-refractivity contribution >= 4 is 22.6 Å². The van der Waals surface area contributed by atoms with Crippen LogP contribution in [-0.2, 0) is 0 Å². The van der Waals surface area contributed by atoms with Gasteiger partial charge in [0.15, 0.2) is 5.65 Å². The number of nitrogens with one attached hydrogen (secondary N) is 1. The molecule has 0 bridgehead atoms. The van der Waals surface area contributed by atoms with Crippen molar-refractivity contribution in [3.05, 3.63) is 23.0 Å². The van der Waals surface area contributed by atoms with Crippen LogP contribution in [0.25, 0.3) is 11.0 Å². The summed E-state index contributed by atoms with van der Waals surface area (Å²) in [5.74, 6) is 0.658. The second-order valence-electron chi connectivity index (χ2n) is 3.44. The van der Waals surface area contributed by atoms with Crippen LogP contribution in [0.4, 0.5) is 0 Å². The molecule has 0 aromatic carbocycles. The Morgan fingerprint density at radius 1 is 1.46 bits per heavy atom. The van der Waals surface area contributed by atoms with E-state index in [2.05, 4.69) is 15.2 Å². The van der Waals surface area contributed by atoms with Gasteiger partial charge in [-0.2, -0.15) is 5.10 Å². The van der Waals surface area contributed by atoms with Gasteiger partial charge in [0.1, 0.15) is 0 Å². The Bertz CT molecular complexity index is 459. The average Bonchev–Trinajstić information content (AvgIpc) is 2.87. The van der Waals surface area contributed by atoms with Crippen molar-refractivity contribution in [2.45, 2.75) is 18.8 Å². The van der Waals surface area contributed by atoms with Crippen molar-refractivity contribution in [2.75, 3.05) is 0 Å². The van der Waals surface area contributed by atoms with Crippen LogP contribution in [0, 0.1) is 0 Å². The fourth-order valence-electron chi connectivity index (χ4n) is 1.58. The second-order valence-corrected chi connectivity index (χ2v) is 3.87. The minimum Gasteiger partial charge on any atom is -0.279 e. The van der Waals surface area contributed by atoms with Gasteiger partial charge in [-0.1, -0.05) is 11.6 Å². The van der Waals surface area contributed by atoms with Crippen molar-refractivity contribution < 1.29 is 0 Å². The van der Waals surface area contributed by atoms with E-state index in [1.54, 1.807) is 6.20 Å². The van der Waals surface area contributed by atoms with Crippen LogP contribution < -0.4 is 0 Å². The number of rotatable bonds is 1. The summed E-state index contributed by atoms with van der Waals surface area (Å²) >= 11 is 5.87. The molecule has 2 aromatic rings. The number of aromatic nitrogens is 3. The first-order valence-corrected chi connectivity index (χ1v) is 4.72. The molecule has 0 unspecified atom stereocenters. The molecule has 4 heteroatoms. The van der Waals surface area contributed by atoms with Gasteiger partial charge >= 0.3 is 0 Å². The molecule has 0 aliphatic heterocycles. The quantitative estimate of drug-likeness (QED) is 0.756. The Kier molecular flexibility index (Phi) is 1.38. The zero-order valence-corrected chi connectivity index (χ0v) is 7.67. The summed E-state index contributed by atoms with van der Waals surface area (Å²) in [5, 5.41) is 8.91. The summed E-state index contributed by atoms with van der Waals surface area (Å²) in [6.07, 6.45) is 4.13. The lowest BCUT2D eigenvalue weighted by molar-refractivity contribution is 0.974. The van der Waals surface area contributed by atoms with Crippen molar-refractivity contribution in [1.82, 2.24) is 15.2 Å². The summed E-state index contributed by atoms with van der Waals surface area (Å²) in [6.45, 7) is 0. The molecule has 2 aromatic heterocycles. The van der Waals surface area contributed by atoms with Gasteiger partial charge in [-0.05, 0) is 18.9 Å². The number of aromatic amines is 1. The van der Waals surface area contributed by atoms with Crippen LogP contribution in [-0.4, -0.2) is 15.2 Å². The third kappa shape index (κ3) is 1.11. The summed E-state index contributed by atoms with van der Waals surface area (Å²) in [5.41, 5.74) is 1.97. The number of hydrogen-bond donors (Lipinski definition) is 1. The van der Waals surface area contributed by atoms with Crippen molar-refractivity contribution in [3.8, 4) is 0 Å². The van der Waals surface area contributed by atoms with Gasteiger partial charge in [0.25, 0.3) is 0 Å². The van der Waals surface area contributed by atoms with Crippen molar-refractivity contribution in [3.63, 3.8) is 0 Å².